The Morgan fingerprint density at radius 2 is 2.28 bits per heavy atom. The number of carbonyl (C=O) groups is 1. The van der Waals surface area contributed by atoms with Gasteiger partial charge in [0, 0.05) is 22.2 Å². The Hall–Kier alpha value is -1.68. The molecule has 1 aromatic heterocycles. The van der Waals surface area contributed by atoms with Crippen molar-refractivity contribution in [2.45, 2.75) is 13.1 Å². The van der Waals surface area contributed by atoms with Gasteiger partial charge < -0.3 is 4.74 Å². The molecule has 5 heteroatoms. The molecule has 3 nitrogen and oxygen atoms in total. The molecule has 0 N–H and O–H groups in total. The van der Waals surface area contributed by atoms with Crippen LogP contribution in [0, 0.1) is 0 Å². The van der Waals surface area contributed by atoms with E-state index in [0.717, 1.165) is 0 Å². The number of ether oxygens (including phenoxy) is 1. The zero-order valence-electron chi connectivity index (χ0n) is 9.69. The lowest BCUT2D eigenvalue weighted by atomic mass is 10.1. The topological polar surface area (TPSA) is 39.2 Å². The number of nitrogens with zero attached hydrogens (tertiary/aromatic N) is 1. The second kappa shape index (κ2) is 5.31. The summed E-state index contributed by atoms with van der Waals surface area (Å²) < 4.78 is 18.7. The minimum Gasteiger partial charge on any atom is -0.464 e. The van der Waals surface area contributed by atoms with E-state index in [9.17, 15) is 9.18 Å². The largest absolute Gasteiger partial charge is 0.464 e. The second-order valence-electron chi connectivity index (χ2n) is 3.65. The Kier molecular flexibility index (Phi) is 3.77. The maximum Gasteiger partial charge on any atom is 0.345 e. The molecule has 0 saturated carbocycles. The van der Waals surface area contributed by atoms with Crippen LogP contribution < -0.4 is 0 Å². The fourth-order valence-electron chi connectivity index (χ4n) is 1.71. The van der Waals surface area contributed by atoms with Crippen LogP contribution in [0.3, 0.4) is 0 Å². The van der Waals surface area contributed by atoms with Gasteiger partial charge in [-0.15, -0.1) is 0 Å². The molecular formula is C13H11ClFNO2. The van der Waals surface area contributed by atoms with Crippen LogP contribution >= 0.6 is 11.6 Å². The van der Waals surface area contributed by atoms with Crippen molar-refractivity contribution in [3.8, 4) is 0 Å². The third kappa shape index (κ3) is 2.29. The summed E-state index contributed by atoms with van der Waals surface area (Å²) in [6.07, 6.45) is -0.320. The summed E-state index contributed by atoms with van der Waals surface area (Å²) in [5.74, 6) is -0.910. The number of hydrogen-bond donors (Lipinski definition) is 0. The normalized spacial score (nSPS) is 12.4. The fraction of sp³-hybridized carbons (Fsp3) is 0.231. The van der Waals surface area contributed by atoms with Crippen molar-refractivity contribution in [3.63, 3.8) is 0 Å². The highest BCUT2D eigenvalue weighted by Crippen LogP contribution is 2.30. The molecule has 94 valence electrons. The SMILES string of the molecule is CCOC(=O)C(F)c1ccc(Cl)c2cccnc12. The summed E-state index contributed by atoms with van der Waals surface area (Å²) in [7, 11) is 0. The van der Waals surface area contributed by atoms with Crippen LogP contribution in [-0.4, -0.2) is 17.6 Å². The average molecular weight is 268 g/mol. The molecule has 0 amide bonds. The Labute approximate surface area is 109 Å². The van der Waals surface area contributed by atoms with Crippen molar-refractivity contribution < 1.29 is 13.9 Å². The summed E-state index contributed by atoms with van der Waals surface area (Å²) >= 11 is 6.00. The first kappa shape index (κ1) is 12.8. The van der Waals surface area contributed by atoms with E-state index in [1.165, 1.54) is 12.3 Å². The number of alkyl halides is 1. The molecule has 1 atom stereocenters. The molecule has 2 aromatic rings. The van der Waals surface area contributed by atoms with Crippen molar-refractivity contribution in [2.24, 2.45) is 0 Å². The molecule has 0 spiro atoms. The predicted octanol–water partition coefficient (Wildman–Crippen LogP) is 3.46. The van der Waals surface area contributed by atoms with Crippen molar-refractivity contribution in [3.05, 3.63) is 41.0 Å². The number of pyridine rings is 1. The molecule has 0 aliphatic rings. The van der Waals surface area contributed by atoms with Crippen LogP contribution in [0.5, 0.6) is 0 Å². The van der Waals surface area contributed by atoms with E-state index in [1.54, 1.807) is 25.1 Å². The van der Waals surface area contributed by atoms with E-state index in [0.29, 0.717) is 15.9 Å². The lowest BCUT2D eigenvalue weighted by molar-refractivity contribution is -0.149. The molecule has 1 heterocycles. The minimum atomic E-state index is -1.85. The standard InChI is InChI=1S/C13H11ClFNO2/c1-2-18-13(17)11(15)9-5-6-10(14)8-4-3-7-16-12(8)9/h3-7,11H,2H2,1H3. The smallest absolute Gasteiger partial charge is 0.345 e. The highest BCUT2D eigenvalue weighted by Gasteiger charge is 2.24. The number of fused-ring (bicyclic) bond motifs is 1. The first-order valence-corrected chi connectivity index (χ1v) is 5.86. The number of carbonyl (C=O) groups excluding carboxylic acids is 1. The molecule has 18 heavy (non-hydrogen) atoms. The van der Waals surface area contributed by atoms with Crippen LogP contribution in [0.2, 0.25) is 5.02 Å². The van der Waals surface area contributed by atoms with E-state index in [2.05, 4.69) is 9.72 Å². The molecule has 1 unspecified atom stereocenters. The number of hydrogen-bond acceptors (Lipinski definition) is 3. The first-order valence-electron chi connectivity index (χ1n) is 5.49. The van der Waals surface area contributed by atoms with Gasteiger partial charge in [-0.2, -0.15) is 0 Å². The van der Waals surface area contributed by atoms with E-state index < -0.39 is 12.1 Å². The summed E-state index contributed by atoms with van der Waals surface area (Å²) in [4.78, 5) is 15.5. The monoisotopic (exact) mass is 267 g/mol. The summed E-state index contributed by atoms with van der Waals surface area (Å²) in [5.41, 5.74) is 0.555. The maximum atomic E-state index is 14.0. The van der Waals surface area contributed by atoms with Crippen molar-refractivity contribution in [2.75, 3.05) is 6.61 Å². The molecule has 0 saturated heterocycles. The average Bonchev–Trinajstić information content (AvgIpc) is 2.39. The molecule has 0 aliphatic heterocycles. The third-order valence-electron chi connectivity index (χ3n) is 2.51. The second-order valence-corrected chi connectivity index (χ2v) is 4.06. The van der Waals surface area contributed by atoms with Crippen molar-refractivity contribution >= 4 is 28.5 Å². The van der Waals surface area contributed by atoms with Crippen LogP contribution in [0.25, 0.3) is 10.9 Å². The molecule has 0 fully saturated rings. The lowest BCUT2D eigenvalue weighted by Crippen LogP contribution is -2.12. The van der Waals surface area contributed by atoms with Crippen molar-refractivity contribution in [1.29, 1.82) is 0 Å². The number of halogens is 2. The molecule has 0 aliphatic carbocycles. The number of rotatable bonds is 3. The van der Waals surface area contributed by atoms with Gasteiger partial charge >= 0.3 is 5.97 Å². The van der Waals surface area contributed by atoms with Crippen LogP contribution in [0.1, 0.15) is 18.7 Å². The Balaban J connectivity index is 2.51. The van der Waals surface area contributed by atoms with E-state index in [1.807, 2.05) is 0 Å². The van der Waals surface area contributed by atoms with Crippen LogP contribution in [-0.2, 0) is 9.53 Å². The molecule has 0 bridgehead atoms. The van der Waals surface area contributed by atoms with Gasteiger partial charge in [0.1, 0.15) is 0 Å². The highest BCUT2D eigenvalue weighted by atomic mass is 35.5. The Morgan fingerprint density at radius 1 is 1.50 bits per heavy atom. The summed E-state index contributed by atoms with van der Waals surface area (Å²) in [6.45, 7) is 1.76. The minimum absolute atomic E-state index is 0.137. The Morgan fingerprint density at radius 3 is 3.00 bits per heavy atom. The summed E-state index contributed by atoms with van der Waals surface area (Å²) in [6, 6.07) is 6.44. The van der Waals surface area contributed by atoms with E-state index >= 15 is 0 Å². The van der Waals surface area contributed by atoms with Gasteiger partial charge in [-0.05, 0) is 25.1 Å². The zero-order chi connectivity index (χ0) is 13.1. The van der Waals surface area contributed by atoms with E-state index in [-0.39, 0.29) is 12.2 Å². The van der Waals surface area contributed by atoms with E-state index in [4.69, 9.17) is 11.6 Å². The fourth-order valence-corrected chi connectivity index (χ4v) is 1.92. The first-order chi connectivity index (χ1) is 8.65. The van der Waals surface area contributed by atoms with Gasteiger partial charge in [0.05, 0.1) is 12.1 Å². The van der Waals surface area contributed by atoms with Gasteiger partial charge in [0.25, 0.3) is 0 Å². The Bertz CT molecular complexity index is 588. The number of benzene rings is 1. The third-order valence-corrected chi connectivity index (χ3v) is 2.84. The quantitative estimate of drug-likeness (QED) is 0.800. The van der Waals surface area contributed by atoms with Crippen LogP contribution in [0.4, 0.5) is 4.39 Å². The predicted molar refractivity (Wildman–Crippen MR) is 67.2 cm³/mol. The maximum absolute atomic E-state index is 14.0. The van der Waals surface area contributed by atoms with Crippen LogP contribution in [0.15, 0.2) is 30.5 Å². The summed E-state index contributed by atoms with van der Waals surface area (Å²) in [5, 5.41) is 1.08. The highest BCUT2D eigenvalue weighted by molar-refractivity contribution is 6.35. The molecular weight excluding hydrogens is 257 g/mol. The lowest BCUT2D eigenvalue weighted by Gasteiger charge is -2.10. The number of aromatic nitrogens is 1. The molecule has 0 radical (unpaired) electrons. The van der Waals surface area contributed by atoms with Gasteiger partial charge in [0.15, 0.2) is 0 Å². The zero-order valence-corrected chi connectivity index (χ0v) is 10.4. The molecule has 2 rings (SSSR count). The molecule has 1 aromatic carbocycles. The van der Waals surface area contributed by atoms with Gasteiger partial charge in [-0.25, -0.2) is 9.18 Å². The van der Waals surface area contributed by atoms with Gasteiger partial charge in [-0.3, -0.25) is 4.98 Å². The van der Waals surface area contributed by atoms with Crippen molar-refractivity contribution in [1.82, 2.24) is 4.98 Å². The van der Waals surface area contributed by atoms with Gasteiger partial charge in [0.2, 0.25) is 6.17 Å². The number of esters is 1. The van der Waals surface area contributed by atoms with Gasteiger partial charge in [-0.1, -0.05) is 17.7 Å².